The van der Waals surface area contributed by atoms with Gasteiger partial charge < -0.3 is 24.4 Å². The number of methoxy groups -OCH3 is 3. The average Bonchev–Trinajstić information content (AvgIpc) is 3.19. The average molecular weight is 403 g/mol. The van der Waals surface area contributed by atoms with E-state index in [2.05, 4.69) is 12.2 Å². The van der Waals surface area contributed by atoms with E-state index in [9.17, 15) is 4.79 Å². The van der Waals surface area contributed by atoms with Gasteiger partial charge in [0.2, 0.25) is 0 Å². The molecule has 0 radical (unpaired) electrons. The normalized spacial score (nSPS) is 16.0. The highest BCUT2D eigenvalue weighted by molar-refractivity contribution is 7.99. The van der Waals surface area contributed by atoms with Crippen LogP contribution in [0.25, 0.3) is 0 Å². The molecule has 2 aromatic carbocycles. The van der Waals surface area contributed by atoms with Crippen molar-refractivity contribution in [3.05, 3.63) is 47.0 Å². The van der Waals surface area contributed by atoms with E-state index in [4.69, 9.17) is 14.2 Å². The van der Waals surface area contributed by atoms with E-state index < -0.39 is 0 Å². The van der Waals surface area contributed by atoms with E-state index in [1.165, 1.54) is 5.56 Å². The highest BCUT2D eigenvalue weighted by atomic mass is 32.2. The minimum Gasteiger partial charge on any atom is -0.496 e. The van der Waals surface area contributed by atoms with E-state index in [-0.39, 0.29) is 11.4 Å². The number of urea groups is 1. The molecule has 1 N–H and O–H groups in total. The molecule has 0 bridgehead atoms. The quantitative estimate of drug-likeness (QED) is 0.791. The zero-order valence-corrected chi connectivity index (χ0v) is 17.7. The molecule has 1 aliphatic rings. The van der Waals surface area contributed by atoms with E-state index in [1.807, 2.05) is 36.1 Å². The van der Waals surface area contributed by atoms with Crippen molar-refractivity contribution in [2.24, 2.45) is 0 Å². The van der Waals surface area contributed by atoms with Crippen LogP contribution in [0.4, 0.5) is 10.5 Å². The maximum Gasteiger partial charge on any atom is 0.323 e. The second kappa shape index (κ2) is 8.65. The Morgan fingerprint density at radius 3 is 2.32 bits per heavy atom. The van der Waals surface area contributed by atoms with Crippen LogP contribution in [0, 0.1) is 13.8 Å². The second-order valence-corrected chi connectivity index (χ2v) is 7.78. The molecule has 2 aromatic rings. The van der Waals surface area contributed by atoms with Crippen molar-refractivity contribution >= 4 is 23.5 Å². The highest BCUT2D eigenvalue weighted by Crippen LogP contribution is 2.46. The van der Waals surface area contributed by atoms with Gasteiger partial charge in [0.25, 0.3) is 0 Å². The van der Waals surface area contributed by atoms with Crippen molar-refractivity contribution in [2.45, 2.75) is 19.2 Å². The van der Waals surface area contributed by atoms with Crippen LogP contribution in [0.2, 0.25) is 0 Å². The minimum atomic E-state index is -0.165. The number of carbonyl (C=O) groups excluding carboxylic acids is 1. The summed E-state index contributed by atoms with van der Waals surface area (Å²) in [5, 5.41) is 2.85. The molecule has 0 aromatic heterocycles. The monoisotopic (exact) mass is 402 g/mol. The molecule has 0 spiro atoms. The molecule has 7 heteroatoms. The van der Waals surface area contributed by atoms with E-state index in [1.54, 1.807) is 39.2 Å². The Labute approximate surface area is 170 Å². The van der Waals surface area contributed by atoms with Gasteiger partial charge in [-0.1, -0.05) is 6.07 Å². The molecular formula is C21H26N2O4S. The summed E-state index contributed by atoms with van der Waals surface area (Å²) in [6.45, 7) is 4.74. The first kappa shape index (κ1) is 20.2. The van der Waals surface area contributed by atoms with Gasteiger partial charge in [0.15, 0.2) is 11.5 Å². The number of aryl methyl sites for hydroxylation is 2. The van der Waals surface area contributed by atoms with Gasteiger partial charge in [0.1, 0.15) is 11.1 Å². The molecule has 2 amide bonds. The van der Waals surface area contributed by atoms with Crippen LogP contribution in [-0.4, -0.2) is 44.6 Å². The third-order valence-corrected chi connectivity index (χ3v) is 6.15. The number of anilines is 1. The number of nitrogens with one attached hydrogen (secondary N) is 1. The summed E-state index contributed by atoms with van der Waals surface area (Å²) in [4.78, 5) is 14.8. The number of hydrogen-bond donors (Lipinski definition) is 1. The smallest absolute Gasteiger partial charge is 0.323 e. The van der Waals surface area contributed by atoms with Gasteiger partial charge in [-0.05, 0) is 43.2 Å². The molecule has 1 atom stereocenters. The second-order valence-electron chi connectivity index (χ2n) is 6.59. The number of carbonyl (C=O) groups is 1. The van der Waals surface area contributed by atoms with Gasteiger partial charge in [-0.25, -0.2) is 4.79 Å². The Hall–Kier alpha value is -2.54. The standard InChI is InChI=1S/C21H26N2O4S/c1-13-6-7-15(10-14(13)2)22-21(24)23-8-9-28-20(23)16-11-18(26-4)19(27-5)12-17(16)25-3/h6-7,10-12,20H,8-9H2,1-5H3,(H,22,24). The first-order valence-electron chi connectivity index (χ1n) is 9.05. The van der Waals surface area contributed by atoms with Crippen LogP contribution < -0.4 is 19.5 Å². The van der Waals surface area contributed by atoms with Gasteiger partial charge in [0, 0.05) is 29.6 Å². The van der Waals surface area contributed by atoms with Crippen molar-refractivity contribution in [3.8, 4) is 17.2 Å². The van der Waals surface area contributed by atoms with Crippen molar-refractivity contribution in [3.63, 3.8) is 0 Å². The fourth-order valence-electron chi connectivity index (χ4n) is 3.20. The van der Waals surface area contributed by atoms with Crippen LogP contribution in [0.1, 0.15) is 22.1 Å². The number of thioether (sulfide) groups is 1. The summed E-state index contributed by atoms with van der Waals surface area (Å²) in [5.41, 5.74) is 4.02. The lowest BCUT2D eigenvalue weighted by molar-refractivity contribution is 0.213. The summed E-state index contributed by atoms with van der Waals surface area (Å²) in [6.07, 6.45) is 0. The van der Waals surface area contributed by atoms with Crippen molar-refractivity contribution in [1.82, 2.24) is 4.90 Å². The minimum absolute atomic E-state index is 0.130. The van der Waals surface area contributed by atoms with Gasteiger partial charge in [-0.15, -0.1) is 11.8 Å². The molecule has 3 rings (SSSR count). The maximum atomic E-state index is 13.0. The molecule has 1 unspecified atom stereocenters. The lowest BCUT2D eigenvalue weighted by Crippen LogP contribution is -2.34. The van der Waals surface area contributed by atoms with Crippen molar-refractivity contribution in [2.75, 3.05) is 38.9 Å². The third-order valence-electron chi connectivity index (χ3n) is 4.91. The van der Waals surface area contributed by atoms with Crippen LogP contribution in [0.15, 0.2) is 30.3 Å². The first-order chi connectivity index (χ1) is 13.5. The topological polar surface area (TPSA) is 60.0 Å². The lowest BCUT2D eigenvalue weighted by Gasteiger charge is -2.26. The number of ether oxygens (including phenoxy) is 3. The van der Waals surface area contributed by atoms with E-state index in [0.29, 0.717) is 23.8 Å². The number of hydrogen-bond acceptors (Lipinski definition) is 5. The van der Waals surface area contributed by atoms with E-state index in [0.717, 1.165) is 22.6 Å². The van der Waals surface area contributed by atoms with Crippen molar-refractivity contribution in [1.29, 1.82) is 0 Å². The Bertz CT molecular complexity index is 872. The molecule has 6 nitrogen and oxygen atoms in total. The molecule has 0 saturated carbocycles. The van der Waals surface area contributed by atoms with Crippen LogP contribution in [0.3, 0.4) is 0 Å². The SMILES string of the molecule is COc1cc(OC)c(C2SCCN2C(=O)Nc2ccc(C)c(C)c2)cc1OC. The largest absolute Gasteiger partial charge is 0.496 e. The molecule has 1 saturated heterocycles. The molecule has 28 heavy (non-hydrogen) atoms. The van der Waals surface area contributed by atoms with Crippen LogP contribution >= 0.6 is 11.8 Å². The van der Waals surface area contributed by atoms with Gasteiger partial charge in [-0.2, -0.15) is 0 Å². The van der Waals surface area contributed by atoms with Gasteiger partial charge in [0.05, 0.1) is 21.3 Å². The predicted molar refractivity (Wildman–Crippen MR) is 113 cm³/mol. The Kier molecular flexibility index (Phi) is 6.24. The lowest BCUT2D eigenvalue weighted by atomic mass is 10.1. The summed E-state index contributed by atoms with van der Waals surface area (Å²) in [6, 6.07) is 9.48. The highest BCUT2D eigenvalue weighted by Gasteiger charge is 2.33. The van der Waals surface area contributed by atoms with Crippen LogP contribution in [-0.2, 0) is 0 Å². The zero-order chi connectivity index (χ0) is 20.3. The molecular weight excluding hydrogens is 376 g/mol. The molecule has 1 aliphatic heterocycles. The number of nitrogens with zero attached hydrogens (tertiary/aromatic N) is 1. The number of amides is 2. The zero-order valence-electron chi connectivity index (χ0n) is 16.9. The first-order valence-corrected chi connectivity index (χ1v) is 10.1. The number of rotatable bonds is 5. The predicted octanol–water partition coefficient (Wildman–Crippen LogP) is 4.61. The van der Waals surface area contributed by atoms with Crippen molar-refractivity contribution < 1.29 is 19.0 Å². The third kappa shape index (κ3) is 3.99. The Balaban J connectivity index is 1.88. The molecule has 1 fully saturated rings. The Morgan fingerprint density at radius 2 is 1.68 bits per heavy atom. The van der Waals surface area contributed by atoms with E-state index >= 15 is 0 Å². The fourth-order valence-corrected chi connectivity index (χ4v) is 4.47. The summed E-state index contributed by atoms with van der Waals surface area (Å²) < 4.78 is 16.4. The molecule has 0 aliphatic carbocycles. The Morgan fingerprint density at radius 1 is 1.00 bits per heavy atom. The molecule has 150 valence electrons. The van der Waals surface area contributed by atoms with Gasteiger partial charge in [-0.3, -0.25) is 0 Å². The number of benzene rings is 2. The summed E-state index contributed by atoms with van der Waals surface area (Å²) >= 11 is 1.70. The fraction of sp³-hybridized carbons (Fsp3) is 0.381. The van der Waals surface area contributed by atoms with Gasteiger partial charge >= 0.3 is 6.03 Å². The summed E-state index contributed by atoms with van der Waals surface area (Å²) in [7, 11) is 4.80. The molecule has 1 heterocycles. The maximum absolute atomic E-state index is 13.0. The summed E-state index contributed by atoms with van der Waals surface area (Å²) in [5.74, 6) is 2.72. The van der Waals surface area contributed by atoms with Crippen LogP contribution in [0.5, 0.6) is 17.2 Å².